The topological polar surface area (TPSA) is 118 Å². The molecule has 8 nitrogen and oxygen atoms in total. The van der Waals surface area contributed by atoms with E-state index >= 15 is 0 Å². The summed E-state index contributed by atoms with van der Waals surface area (Å²) in [6.45, 7) is 0.483. The molecule has 1 aliphatic rings. The fourth-order valence-electron chi connectivity index (χ4n) is 4.96. The molecule has 2 amide bonds. The van der Waals surface area contributed by atoms with Crippen molar-refractivity contribution in [1.29, 1.82) is 0 Å². The predicted molar refractivity (Wildman–Crippen MR) is 142 cm³/mol. The van der Waals surface area contributed by atoms with E-state index in [1.807, 2.05) is 54.6 Å². The number of hydrogen-bond acceptors (Lipinski definition) is 5. The predicted octanol–water partition coefficient (Wildman–Crippen LogP) is 5.32. The lowest BCUT2D eigenvalue weighted by Gasteiger charge is -2.17. The Morgan fingerprint density at radius 2 is 1.55 bits per heavy atom. The summed E-state index contributed by atoms with van der Waals surface area (Å²) >= 11 is 0. The van der Waals surface area contributed by atoms with Crippen LogP contribution in [0.3, 0.4) is 0 Å². The Morgan fingerprint density at radius 3 is 2.26 bits per heavy atom. The zero-order valence-corrected chi connectivity index (χ0v) is 20.7. The minimum Gasteiger partial charge on any atom is -0.480 e. The number of fused-ring (bicyclic) bond motifs is 4. The standard InChI is InChI=1S/C30H28N2O6/c33-28(25-18-37-27-15-6-5-13-23(25)27)31-16-8-7-14-26(29(34)35)32-30(36)38-17-24-21-11-3-1-9-19(21)20-10-2-4-12-22(20)24/h1-6,9-13,15,18,24,26H,7-8,14,16-17H2,(H,31,33)(H,32,36)(H,34,35)/t26-/m0/s1. The summed E-state index contributed by atoms with van der Waals surface area (Å²) in [5.41, 5.74) is 5.51. The van der Waals surface area contributed by atoms with Crippen LogP contribution in [0.4, 0.5) is 4.79 Å². The molecule has 0 spiro atoms. The van der Waals surface area contributed by atoms with Crippen LogP contribution < -0.4 is 10.6 Å². The van der Waals surface area contributed by atoms with Crippen LogP contribution >= 0.6 is 0 Å². The normalized spacial score (nSPS) is 12.9. The van der Waals surface area contributed by atoms with Gasteiger partial charge in [-0.2, -0.15) is 0 Å². The van der Waals surface area contributed by atoms with E-state index in [-0.39, 0.29) is 24.9 Å². The number of carboxylic acid groups (broad SMARTS) is 1. The number of alkyl carbamates (subject to hydrolysis) is 1. The molecule has 0 aliphatic heterocycles. The highest BCUT2D eigenvalue weighted by Crippen LogP contribution is 2.44. The summed E-state index contributed by atoms with van der Waals surface area (Å²) in [5.74, 6) is -1.48. The summed E-state index contributed by atoms with van der Waals surface area (Å²) in [4.78, 5) is 36.7. The molecule has 194 valence electrons. The summed E-state index contributed by atoms with van der Waals surface area (Å²) in [6, 6.07) is 22.2. The first-order valence-corrected chi connectivity index (χ1v) is 12.6. The van der Waals surface area contributed by atoms with E-state index in [1.165, 1.54) is 6.26 Å². The largest absolute Gasteiger partial charge is 0.480 e. The van der Waals surface area contributed by atoms with Gasteiger partial charge in [0.1, 0.15) is 24.5 Å². The van der Waals surface area contributed by atoms with Crippen molar-refractivity contribution in [3.05, 3.63) is 95.7 Å². The third kappa shape index (κ3) is 5.25. The van der Waals surface area contributed by atoms with Gasteiger partial charge < -0.3 is 24.9 Å². The van der Waals surface area contributed by atoms with E-state index in [4.69, 9.17) is 9.15 Å². The van der Waals surface area contributed by atoms with Crippen molar-refractivity contribution >= 4 is 28.9 Å². The number of benzene rings is 3. The maximum Gasteiger partial charge on any atom is 0.407 e. The van der Waals surface area contributed by atoms with Crippen LogP contribution in [-0.2, 0) is 9.53 Å². The molecule has 4 aromatic rings. The Labute approximate surface area is 219 Å². The molecule has 3 N–H and O–H groups in total. The number of ether oxygens (including phenoxy) is 1. The van der Waals surface area contributed by atoms with Gasteiger partial charge in [-0.25, -0.2) is 9.59 Å². The van der Waals surface area contributed by atoms with Gasteiger partial charge in [-0.1, -0.05) is 66.7 Å². The Kier molecular flexibility index (Phi) is 7.40. The number of carbonyl (C=O) groups excluding carboxylic acids is 2. The fraction of sp³-hybridized carbons (Fsp3) is 0.233. The first kappa shape index (κ1) is 25.1. The van der Waals surface area contributed by atoms with Gasteiger partial charge in [-0.05, 0) is 47.6 Å². The summed E-state index contributed by atoms with van der Waals surface area (Å²) in [7, 11) is 0. The molecule has 0 radical (unpaired) electrons. The molecule has 0 saturated heterocycles. The van der Waals surface area contributed by atoms with E-state index in [9.17, 15) is 19.5 Å². The van der Waals surface area contributed by atoms with Gasteiger partial charge in [-0.3, -0.25) is 4.79 Å². The summed E-state index contributed by atoms with van der Waals surface area (Å²) in [6.07, 6.45) is 1.92. The van der Waals surface area contributed by atoms with E-state index in [0.717, 1.165) is 27.6 Å². The van der Waals surface area contributed by atoms with Crippen molar-refractivity contribution in [3.8, 4) is 11.1 Å². The minimum absolute atomic E-state index is 0.104. The molecule has 3 aromatic carbocycles. The van der Waals surface area contributed by atoms with Crippen molar-refractivity contribution in [2.75, 3.05) is 13.2 Å². The number of para-hydroxylation sites is 1. The molecule has 0 fully saturated rings. The number of rotatable bonds is 10. The van der Waals surface area contributed by atoms with E-state index in [0.29, 0.717) is 30.5 Å². The highest BCUT2D eigenvalue weighted by molar-refractivity contribution is 6.05. The number of furan rings is 1. The van der Waals surface area contributed by atoms with Crippen LogP contribution in [0, 0.1) is 0 Å². The van der Waals surface area contributed by atoms with Crippen molar-refractivity contribution in [3.63, 3.8) is 0 Å². The van der Waals surface area contributed by atoms with Crippen LogP contribution in [0.15, 0.2) is 83.5 Å². The van der Waals surface area contributed by atoms with Gasteiger partial charge >= 0.3 is 12.1 Å². The fourth-order valence-corrected chi connectivity index (χ4v) is 4.96. The second-order valence-corrected chi connectivity index (χ2v) is 9.26. The lowest BCUT2D eigenvalue weighted by molar-refractivity contribution is -0.139. The lowest BCUT2D eigenvalue weighted by atomic mass is 9.98. The SMILES string of the molecule is O=C(N[C@@H](CCCCNC(=O)c1coc2ccccc12)C(=O)O)OCC1c2ccccc2-c2ccccc21. The first-order valence-electron chi connectivity index (χ1n) is 12.6. The van der Waals surface area contributed by atoms with Crippen LogP contribution in [0.2, 0.25) is 0 Å². The molecule has 0 bridgehead atoms. The quantitative estimate of drug-likeness (QED) is 0.247. The number of carboxylic acids is 1. The average Bonchev–Trinajstić information content (AvgIpc) is 3.50. The van der Waals surface area contributed by atoms with Crippen molar-refractivity contribution in [2.24, 2.45) is 0 Å². The maximum absolute atomic E-state index is 12.5. The minimum atomic E-state index is -1.13. The Morgan fingerprint density at radius 1 is 0.895 bits per heavy atom. The van der Waals surface area contributed by atoms with Gasteiger partial charge in [0.05, 0.1) is 5.56 Å². The molecular formula is C30H28N2O6. The molecule has 38 heavy (non-hydrogen) atoms. The van der Waals surface area contributed by atoms with Gasteiger partial charge in [0.15, 0.2) is 0 Å². The average molecular weight is 513 g/mol. The van der Waals surface area contributed by atoms with Crippen molar-refractivity contribution in [2.45, 2.75) is 31.2 Å². The molecule has 0 saturated carbocycles. The smallest absolute Gasteiger partial charge is 0.407 e. The third-order valence-corrected chi connectivity index (χ3v) is 6.86. The Hall–Kier alpha value is -4.59. The van der Waals surface area contributed by atoms with E-state index in [1.54, 1.807) is 6.07 Å². The van der Waals surface area contributed by atoms with Crippen LogP contribution in [0.25, 0.3) is 22.1 Å². The molecule has 5 rings (SSSR count). The monoisotopic (exact) mass is 512 g/mol. The molecule has 1 aromatic heterocycles. The van der Waals surface area contributed by atoms with Gasteiger partial charge in [-0.15, -0.1) is 0 Å². The highest BCUT2D eigenvalue weighted by Gasteiger charge is 2.29. The first-order chi connectivity index (χ1) is 18.5. The van der Waals surface area contributed by atoms with Gasteiger partial charge in [0.2, 0.25) is 0 Å². The number of unbranched alkanes of at least 4 members (excludes halogenated alkanes) is 1. The van der Waals surface area contributed by atoms with Crippen LogP contribution in [-0.4, -0.2) is 42.3 Å². The molecule has 1 heterocycles. The second-order valence-electron chi connectivity index (χ2n) is 9.26. The van der Waals surface area contributed by atoms with Crippen LogP contribution in [0.5, 0.6) is 0 Å². The zero-order chi connectivity index (χ0) is 26.5. The number of amides is 2. The third-order valence-electron chi connectivity index (χ3n) is 6.86. The summed E-state index contributed by atoms with van der Waals surface area (Å²) in [5, 5.41) is 15.6. The summed E-state index contributed by atoms with van der Waals surface area (Å²) < 4.78 is 10.9. The van der Waals surface area contributed by atoms with Crippen molar-refractivity contribution < 1.29 is 28.6 Å². The van der Waals surface area contributed by atoms with Crippen molar-refractivity contribution in [1.82, 2.24) is 10.6 Å². The number of carbonyl (C=O) groups is 3. The van der Waals surface area contributed by atoms with Gasteiger partial charge in [0, 0.05) is 17.8 Å². The molecule has 1 aliphatic carbocycles. The number of nitrogens with one attached hydrogen (secondary N) is 2. The van der Waals surface area contributed by atoms with Crippen LogP contribution in [0.1, 0.15) is 46.7 Å². The van der Waals surface area contributed by atoms with Gasteiger partial charge in [0.25, 0.3) is 5.91 Å². The highest BCUT2D eigenvalue weighted by atomic mass is 16.5. The maximum atomic E-state index is 12.5. The van der Waals surface area contributed by atoms with E-state index < -0.39 is 18.1 Å². The molecular weight excluding hydrogens is 484 g/mol. The Bertz CT molecular complexity index is 1430. The second kappa shape index (κ2) is 11.2. The molecule has 0 unspecified atom stereocenters. The van der Waals surface area contributed by atoms with E-state index in [2.05, 4.69) is 22.8 Å². The lowest BCUT2D eigenvalue weighted by Crippen LogP contribution is -2.41. The zero-order valence-electron chi connectivity index (χ0n) is 20.7. The Balaban J connectivity index is 1.08. The number of hydrogen-bond donors (Lipinski definition) is 3. The number of aliphatic carboxylic acids is 1. The molecule has 1 atom stereocenters. The molecule has 8 heteroatoms.